The molecule has 0 aromatic carbocycles. The first-order valence-electron chi connectivity index (χ1n) is 4.74. The fourth-order valence-electron chi connectivity index (χ4n) is 1.30. The molecule has 76 valence electrons. The zero-order valence-corrected chi connectivity index (χ0v) is 8.18. The second-order valence-corrected chi connectivity index (χ2v) is 3.16. The maximum Gasteiger partial charge on any atom is 0.312 e. The van der Waals surface area contributed by atoms with Gasteiger partial charge in [0.1, 0.15) is 5.92 Å². The molecule has 0 amide bonds. The molecule has 0 fully saturated rings. The van der Waals surface area contributed by atoms with Gasteiger partial charge in [-0.3, -0.25) is 14.8 Å². The molecule has 0 radical (unpaired) electrons. The van der Waals surface area contributed by atoms with Gasteiger partial charge in [0.2, 0.25) is 0 Å². The highest BCUT2D eigenvalue weighted by Crippen LogP contribution is 2.19. The highest BCUT2D eigenvalue weighted by Gasteiger charge is 2.20. The third-order valence-electron chi connectivity index (χ3n) is 2.08. The molecule has 1 unspecified atom stereocenters. The Bertz CT molecular complexity index is 287. The predicted octanol–water partition coefficient (Wildman–Crippen LogP) is 1.83. The number of nitrogens with zero attached hydrogens (tertiary/aromatic N) is 2. The van der Waals surface area contributed by atoms with Crippen LogP contribution in [0.25, 0.3) is 0 Å². The molecule has 0 aliphatic carbocycles. The smallest absolute Gasteiger partial charge is 0.312 e. The van der Waals surface area contributed by atoms with E-state index in [9.17, 15) is 4.79 Å². The third kappa shape index (κ3) is 2.80. The van der Waals surface area contributed by atoms with E-state index in [-0.39, 0.29) is 0 Å². The molecule has 4 nitrogen and oxygen atoms in total. The largest absolute Gasteiger partial charge is 0.481 e. The first-order chi connectivity index (χ1) is 6.75. The molecule has 1 aromatic rings. The maximum absolute atomic E-state index is 10.9. The summed E-state index contributed by atoms with van der Waals surface area (Å²) in [7, 11) is 0. The van der Waals surface area contributed by atoms with Gasteiger partial charge in [-0.2, -0.15) is 0 Å². The number of rotatable bonds is 5. The molecule has 14 heavy (non-hydrogen) atoms. The van der Waals surface area contributed by atoms with Gasteiger partial charge in [0.25, 0.3) is 0 Å². The fourth-order valence-corrected chi connectivity index (χ4v) is 1.30. The van der Waals surface area contributed by atoms with Gasteiger partial charge in [-0.25, -0.2) is 0 Å². The van der Waals surface area contributed by atoms with Gasteiger partial charge in [-0.15, -0.1) is 0 Å². The molecule has 4 heteroatoms. The van der Waals surface area contributed by atoms with Crippen LogP contribution in [0.5, 0.6) is 0 Å². The molecule has 0 saturated carbocycles. The van der Waals surface area contributed by atoms with Crippen molar-refractivity contribution in [3.63, 3.8) is 0 Å². The SMILES string of the molecule is CCCCC(C(=O)O)c1cnccn1. The lowest BCUT2D eigenvalue weighted by Gasteiger charge is -2.09. The maximum atomic E-state index is 10.9. The Labute approximate surface area is 83.0 Å². The lowest BCUT2D eigenvalue weighted by molar-refractivity contribution is -0.139. The van der Waals surface area contributed by atoms with Crippen LogP contribution in [-0.2, 0) is 4.79 Å². The van der Waals surface area contributed by atoms with Crippen molar-refractivity contribution in [1.82, 2.24) is 9.97 Å². The number of hydrogen-bond donors (Lipinski definition) is 1. The molecule has 1 N–H and O–H groups in total. The van der Waals surface area contributed by atoms with Crippen LogP contribution < -0.4 is 0 Å². The number of carboxylic acids is 1. The third-order valence-corrected chi connectivity index (χ3v) is 2.08. The summed E-state index contributed by atoms with van der Waals surface area (Å²) in [5.74, 6) is -1.33. The van der Waals surface area contributed by atoms with Crippen LogP contribution >= 0.6 is 0 Å². The summed E-state index contributed by atoms with van der Waals surface area (Å²) in [6.45, 7) is 2.04. The van der Waals surface area contributed by atoms with E-state index in [2.05, 4.69) is 9.97 Å². The van der Waals surface area contributed by atoms with Crippen molar-refractivity contribution < 1.29 is 9.90 Å². The van der Waals surface area contributed by atoms with Crippen LogP contribution in [0.1, 0.15) is 37.8 Å². The van der Waals surface area contributed by atoms with E-state index in [1.54, 1.807) is 6.20 Å². The molecule has 1 rings (SSSR count). The van der Waals surface area contributed by atoms with Crippen LogP contribution in [0, 0.1) is 0 Å². The Morgan fingerprint density at radius 3 is 2.86 bits per heavy atom. The van der Waals surface area contributed by atoms with Crippen molar-refractivity contribution in [2.45, 2.75) is 32.1 Å². The van der Waals surface area contributed by atoms with Crippen LogP contribution in [-0.4, -0.2) is 21.0 Å². The van der Waals surface area contributed by atoms with Crippen LogP contribution in [0.15, 0.2) is 18.6 Å². The molecule has 1 aromatic heterocycles. The average Bonchev–Trinajstić information content (AvgIpc) is 2.19. The number of aromatic nitrogens is 2. The van der Waals surface area contributed by atoms with Crippen LogP contribution in [0.2, 0.25) is 0 Å². The van der Waals surface area contributed by atoms with Crippen LogP contribution in [0.4, 0.5) is 0 Å². The van der Waals surface area contributed by atoms with Crippen molar-refractivity contribution in [2.24, 2.45) is 0 Å². The van der Waals surface area contributed by atoms with Gasteiger partial charge >= 0.3 is 5.97 Å². The minimum atomic E-state index is -0.820. The molecule has 1 atom stereocenters. The van der Waals surface area contributed by atoms with Crippen molar-refractivity contribution in [1.29, 1.82) is 0 Å². The summed E-state index contributed by atoms with van der Waals surface area (Å²) in [6.07, 6.45) is 7.11. The van der Waals surface area contributed by atoms with Gasteiger partial charge in [-0.05, 0) is 6.42 Å². The fraction of sp³-hybridized carbons (Fsp3) is 0.500. The molecular formula is C10H14N2O2. The van der Waals surface area contributed by atoms with Crippen molar-refractivity contribution in [3.8, 4) is 0 Å². The summed E-state index contributed by atoms with van der Waals surface area (Å²) in [6, 6.07) is 0. The number of hydrogen-bond acceptors (Lipinski definition) is 3. The number of unbranched alkanes of at least 4 members (excludes halogenated alkanes) is 1. The molecule has 1 heterocycles. The first-order valence-corrected chi connectivity index (χ1v) is 4.74. The van der Waals surface area contributed by atoms with Gasteiger partial charge in [-0.1, -0.05) is 19.8 Å². The van der Waals surface area contributed by atoms with E-state index in [1.165, 1.54) is 12.4 Å². The van der Waals surface area contributed by atoms with E-state index in [0.717, 1.165) is 12.8 Å². The highest BCUT2D eigenvalue weighted by atomic mass is 16.4. The number of carbonyl (C=O) groups is 1. The van der Waals surface area contributed by atoms with Gasteiger partial charge < -0.3 is 5.11 Å². The summed E-state index contributed by atoms with van der Waals surface area (Å²) in [5, 5.41) is 8.99. The molecule has 0 saturated heterocycles. The highest BCUT2D eigenvalue weighted by molar-refractivity contribution is 5.75. The van der Waals surface area contributed by atoms with Crippen molar-refractivity contribution in [2.75, 3.05) is 0 Å². The Kier molecular flexibility index (Phi) is 4.04. The Morgan fingerprint density at radius 2 is 2.36 bits per heavy atom. The number of aliphatic carboxylic acids is 1. The van der Waals surface area contributed by atoms with Gasteiger partial charge in [0.05, 0.1) is 5.69 Å². The first kappa shape index (κ1) is 10.6. The lowest BCUT2D eigenvalue weighted by Crippen LogP contribution is -2.13. The van der Waals surface area contributed by atoms with Crippen molar-refractivity contribution >= 4 is 5.97 Å². The molecule has 0 aliphatic rings. The summed E-state index contributed by atoms with van der Waals surface area (Å²) in [4.78, 5) is 18.8. The van der Waals surface area contributed by atoms with Gasteiger partial charge in [0, 0.05) is 18.6 Å². The van der Waals surface area contributed by atoms with Crippen molar-refractivity contribution in [3.05, 3.63) is 24.3 Å². The van der Waals surface area contributed by atoms with Gasteiger partial charge in [0.15, 0.2) is 0 Å². The normalized spacial score (nSPS) is 12.4. The van der Waals surface area contributed by atoms with E-state index in [1.807, 2.05) is 6.92 Å². The van der Waals surface area contributed by atoms with E-state index in [4.69, 9.17) is 5.11 Å². The minimum absolute atomic E-state index is 0.511. The summed E-state index contributed by atoms with van der Waals surface area (Å²) >= 11 is 0. The minimum Gasteiger partial charge on any atom is -0.481 e. The van der Waals surface area contributed by atoms with E-state index >= 15 is 0 Å². The Balaban J connectivity index is 2.73. The van der Waals surface area contributed by atoms with Crippen LogP contribution in [0.3, 0.4) is 0 Å². The van der Waals surface area contributed by atoms with E-state index < -0.39 is 11.9 Å². The summed E-state index contributed by atoms with van der Waals surface area (Å²) in [5.41, 5.74) is 0.549. The molecule has 0 bridgehead atoms. The number of carboxylic acid groups (broad SMARTS) is 1. The predicted molar refractivity (Wildman–Crippen MR) is 51.9 cm³/mol. The Hall–Kier alpha value is -1.45. The molecule has 0 aliphatic heterocycles. The zero-order valence-electron chi connectivity index (χ0n) is 8.18. The zero-order chi connectivity index (χ0) is 10.4. The second-order valence-electron chi connectivity index (χ2n) is 3.16. The second kappa shape index (κ2) is 5.32. The topological polar surface area (TPSA) is 63.1 Å². The standard InChI is InChI=1S/C10H14N2O2/c1-2-3-4-8(10(13)14)9-7-11-5-6-12-9/h5-8H,2-4H2,1H3,(H,13,14). The molecular weight excluding hydrogens is 180 g/mol. The average molecular weight is 194 g/mol. The van der Waals surface area contributed by atoms with E-state index in [0.29, 0.717) is 12.1 Å². The summed E-state index contributed by atoms with van der Waals surface area (Å²) < 4.78 is 0. The molecule has 0 spiro atoms. The quantitative estimate of drug-likeness (QED) is 0.776. The monoisotopic (exact) mass is 194 g/mol. The lowest BCUT2D eigenvalue weighted by atomic mass is 9.99. The Morgan fingerprint density at radius 1 is 1.57 bits per heavy atom.